The molecule has 4 N–H and O–H groups in total. The van der Waals surface area contributed by atoms with E-state index in [0.717, 1.165) is 25.5 Å². The number of para-hydroxylation sites is 2. The minimum absolute atomic E-state index is 0.0801. The Morgan fingerprint density at radius 1 is 1.29 bits per heavy atom. The zero-order chi connectivity index (χ0) is 15.5. The number of carbonyl (C=O) groups is 1. The van der Waals surface area contributed by atoms with E-state index in [-0.39, 0.29) is 11.3 Å². The summed E-state index contributed by atoms with van der Waals surface area (Å²) in [6, 6.07) is 6.72. The van der Waals surface area contributed by atoms with E-state index < -0.39 is 10.0 Å². The van der Waals surface area contributed by atoms with Crippen LogP contribution in [0.1, 0.15) is 25.7 Å². The summed E-state index contributed by atoms with van der Waals surface area (Å²) in [4.78, 5) is 12.2. The van der Waals surface area contributed by atoms with Gasteiger partial charge in [0, 0.05) is 6.42 Å². The average molecular weight is 311 g/mol. The molecule has 1 amide bonds. The van der Waals surface area contributed by atoms with Crippen molar-refractivity contribution in [3.63, 3.8) is 0 Å². The van der Waals surface area contributed by atoms with E-state index >= 15 is 0 Å². The van der Waals surface area contributed by atoms with Gasteiger partial charge in [0.1, 0.15) is 0 Å². The Hall–Kier alpha value is -1.60. The van der Waals surface area contributed by atoms with Crippen LogP contribution >= 0.6 is 0 Å². The number of benzene rings is 1. The number of carbonyl (C=O) groups excluding carboxylic acids is 1. The van der Waals surface area contributed by atoms with Crippen LogP contribution in [0.15, 0.2) is 24.3 Å². The van der Waals surface area contributed by atoms with Gasteiger partial charge in [0.15, 0.2) is 0 Å². The molecule has 1 aromatic carbocycles. The number of nitrogens with two attached hydrogens (primary N) is 1. The predicted molar refractivity (Wildman–Crippen MR) is 83.5 cm³/mol. The van der Waals surface area contributed by atoms with Gasteiger partial charge < -0.3 is 11.1 Å². The molecule has 1 fully saturated rings. The number of hydrogen-bond donors (Lipinski definition) is 3. The summed E-state index contributed by atoms with van der Waals surface area (Å²) in [5, 5.41) is 2.77. The Morgan fingerprint density at radius 2 is 1.90 bits per heavy atom. The summed E-state index contributed by atoms with van der Waals surface area (Å²) in [7, 11) is -3.39. The molecule has 1 aliphatic carbocycles. The summed E-state index contributed by atoms with van der Waals surface area (Å²) in [5.74, 6) is -0.136. The predicted octanol–water partition coefficient (Wildman–Crippen LogP) is 1.52. The Kier molecular flexibility index (Phi) is 4.53. The van der Waals surface area contributed by atoms with Gasteiger partial charge in [0.25, 0.3) is 0 Å². The van der Waals surface area contributed by atoms with Crippen molar-refractivity contribution in [1.82, 2.24) is 0 Å². The third-order valence-electron chi connectivity index (χ3n) is 3.88. The summed E-state index contributed by atoms with van der Waals surface area (Å²) >= 11 is 0. The molecule has 7 heteroatoms. The minimum Gasteiger partial charge on any atom is -0.330 e. The Balaban J connectivity index is 2.07. The smallest absolute Gasteiger partial charge is 0.229 e. The molecule has 0 bridgehead atoms. The summed E-state index contributed by atoms with van der Waals surface area (Å²) < 4.78 is 25.1. The molecule has 0 radical (unpaired) electrons. The van der Waals surface area contributed by atoms with E-state index in [1.807, 2.05) is 0 Å². The molecule has 0 unspecified atom stereocenters. The van der Waals surface area contributed by atoms with Crippen LogP contribution in [0.2, 0.25) is 0 Å². The van der Waals surface area contributed by atoms with Crippen LogP contribution in [0.4, 0.5) is 11.4 Å². The normalized spacial score (nSPS) is 16.9. The second-order valence-corrected chi connectivity index (χ2v) is 7.45. The van der Waals surface area contributed by atoms with Crippen LogP contribution in [0.5, 0.6) is 0 Å². The Morgan fingerprint density at radius 3 is 2.38 bits per heavy atom. The van der Waals surface area contributed by atoms with Crippen molar-refractivity contribution in [2.24, 2.45) is 11.1 Å². The lowest BCUT2D eigenvalue weighted by Gasteiger charge is -2.40. The lowest BCUT2D eigenvalue weighted by molar-refractivity contribution is -0.119. The highest BCUT2D eigenvalue weighted by Gasteiger charge is 2.37. The van der Waals surface area contributed by atoms with E-state index in [1.165, 1.54) is 0 Å². The monoisotopic (exact) mass is 311 g/mol. The molecule has 0 spiro atoms. The highest BCUT2D eigenvalue weighted by molar-refractivity contribution is 7.92. The van der Waals surface area contributed by atoms with Crippen molar-refractivity contribution in [3.05, 3.63) is 24.3 Å². The lowest BCUT2D eigenvalue weighted by Crippen LogP contribution is -2.40. The van der Waals surface area contributed by atoms with Gasteiger partial charge in [-0.15, -0.1) is 0 Å². The van der Waals surface area contributed by atoms with Crippen LogP contribution in [0.25, 0.3) is 0 Å². The number of sulfonamides is 1. The average Bonchev–Trinajstić information content (AvgIpc) is 2.34. The van der Waals surface area contributed by atoms with Crippen LogP contribution < -0.4 is 15.8 Å². The van der Waals surface area contributed by atoms with Gasteiger partial charge >= 0.3 is 0 Å². The lowest BCUT2D eigenvalue weighted by atomic mass is 9.66. The van der Waals surface area contributed by atoms with E-state index in [9.17, 15) is 13.2 Å². The highest BCUT2D eigenvalue weighted by atomic mass is 32.2. The zero-order valence-electron chi connectivity index (χ0n) is 12.1. The first-order valence-corrected chi connectivity index (χ1v) is 8.79. The maximum absolute atomic E-state index is 12.2. The molecular formula is C14H21N3O3S. The molecule has 6 nitrogen and oxygen atoms in total. The van der Waals surface area contributed by atoms with Crippen molar-refractivity contribution < 1.29 is 13.2 Å². The van der Waals surface area contributed by atoms with Crippen molar-refractivity contribution in [2.45, 2.75) is 25.7 Å². The topological polar surface area (TPSA) is 101 Å². The van der Waals surface area contributed by atoms with E-state index in [1.54, 1.807) is 24.3 Å². The van der Waals surface area contributed by atoms with Crippen molar-refractivity contribution in [1.29, 1.82) is 0 Å². The third kappa shape index (κ3) is 4.18. The SMILES string of the molecule is CS(=O)(=O)Nc1ccccc1NC(=O)CC1(CN)CCC1. The first-order chi connectivity index (χ1) is 9.84. The second-order valence-electron chi connectivity index (χ2n) is 5.70. The first-order valence-electron chi connectivity index (χ1n) is 6.90. The molecule has 0 saturated heterocycles. The number of anilines is 2. The molecule has 0 heterocycles. The highest BCUT2D eigenvalue weighted by Crippen LogP contribution is 2.43. The molecule has 1 saturated carbocycles. The molecule has 0 atom stereocenters. The van der Waals surface area contributed by atoms with Crippen molar-refractivity contribution in [3.8, 4) is 0 Å². The molecular weight excluding hydrogens is 290 g/mol. The van der Waals surface area contributed by atoms with Crippen LogP contribution in [0.3, 0.4) is 0 Å². The van der Waals surface area contributed by atoms with Gasteiger partial charge in [-0.05, 0) is 36.9 Å². The molecule has 2 rings (SSSR count). The zero-order valence-corrected chi connectivity index (χ0v) is 12.9. The summed E-state index contributed by atoms with van der Waals surface area (Å²) in [6.07, 6.45) is 4.50. The van der Waals surface area contributed by atoms with Crippen LogP contribution in [-0.2, 0) is 14.8 Å². The van der Waals surface area contributed by atoms with Gasteiger partial charge in [-0.1, -0.05) is 18.6 Å². The Labute approximate surface area is 125 Å². The molecule has 1 aliphatic rings. The maximum Gasteiger partial charge on any atom is 0.229 e. The molecule has 0 aliphatic heterocycles. The van der Waals surface area contributed by atoms with Crippen molar-refractivity contribution >= 4 is 27.3 Å². The largest absolute Gasteiger partial charge is 0.330 e. The summed E-state index contributed by atoms with van der Waals surface area (Å²) in [6.45, 7) is 0.504. The van der Waals surface area contributed by atoms with Gasteiger partial charge in [-0.25, -0.2) is 8.42 Å². The van der Waals surface area contributed by atoms with Crippen LogP contribution in [-0.4, -0.2) is 27.1 Å². The van der Waals surface area contributed by atoms with E-state index in [4.69, 9.17) is 5.73 Å². The third-order valence-corrected chi connectivity index (χ3v) is 4.47. The number of amides is 1. The Bertz CT molecular complexity index is 619. The second kappa shape index (κ2) is 6.03. The molecule has 0 aromatic heterocycles. The maximum atomic E-state index is 12.2. The molecule has 21 heavy (non-hydrogen) atoms. The fourth-order valence-corrected chi connectivity index (χ4v) is 3.12. The molecule has 116 valence electrons. The fraction of sp³-hybridized carbons (Fsp3) is 0.500. The standard InChI is InChI=1S/C14H21N3O3S/c1-21(19,20)17-12-6-3-2-5-11(12)16-13(18)9-14(10-15)7-4-8-14/h2-3,5-6,17H,4,7-10,15H2,1H3,(H,16,18). The number of hydrogen-bond acceptors (Lipinski definition) is 4. The summed E-state index contributed by atoms with van der Waals surface area (Å²) in [5.41, 5.74) is 6.49. The van der Waals surface area contributed by atoms with Gasteiger partial charge in [-0.3, -0.25) is 9.52 Å². The first kappa shape index (κ1) is 15.8. The van der Waals surface area contributed by atoms with Gasteiger partial charge in [0.2, 0.25) is 15.9 Å². The number of nitrogens with one attached hydrogen (secondary N) is 2. The van der Waals surface area contributed by atoms with Gasteiger partial charge in [-0.2, -0.15) is 0 Å². The van der Waals surface area contributed by atoms with Crippen molar-refractivity contribution in [2.75, 3.05) is 22.8 Å². The van der Waals surface area contributed by atoms with Gasteiger partial charge in [0.05, 0.1) is 17.6 Å². The fourth-order valence-electron chi connectivity index (χ4n) is 2.55. The van der Waals surface area contributed by atoms with Crippen LogP contribution in [0, 0.1) is 5.41 Å². The number of rotatable bonds is 6. The quantitative estimate of drug-likeness (QED) is 0.741. The van der Waals surface area contributed by atoms with E-state index in [2.05, 4.69) is 10.0 Å². The minimum atomic E-state index is -3.39. The van der Waals surface area contributed by atoms with E-state index in [0.29, 0.717) is 24.3 Å². The molecule has 1 aromatic rings.